The van der Waals surface area contributed by atoms with Crippen molar-refractivity contribution in [1.82, 2.24) is 15.3 Å². The van der Waals surface area contributed by atoms with E-state index in [0.717, 1.165) is 4.90 Å². The van der Waals surface area contributed by atoms with Crippen molar-refractivity contribution in [3.8, 4) is 0 Å². The van der Waals surface area contributed by atoms with Crippen LogP contribution in [0.4, 0.5) is 4.79 Å². The number of nitrogens with one attached hydrogen (secondary N) is 1. The third kappa shape index (κ3) is 7.77. The zero-order valence-corrected chi connectivity index (χ0v) is 22.3. The maximum Gasteiger partial charge on any atom is 0.346 e. The fourth-order valence-electron chi connectivity index (χ4n) is 3.89. The molecule has 4 atom stereocenters. The van der Waals surface area contributed by atoms with E-state index in [1.165, 1.54) is 13.8 Å². The second kappa shape index (κ2) is 13.6. The van der Waals surface area contributed by atoms with Crippen LogP contribution in [0.15, 0.2) is 0 Å². The fraction of sp³-hybridized carbons (Fsp3) is 0.773. The van der Waals surface area contributed by atoms with E-state index < -0.39 is 63.6 Å². The fourth-order valence-corrected chi connectivity index (χ4v) is 5.17. The monoisotopic (exact) mass is 549 g/mol. The summed E-state index contributed by atoms with van der Waals surface area (Å²) in [5.74, 6) is -2.62. The van der Waals surface area contributed by atoms with Crippen molar-refractivity contribution in [2.24, 2.45) is 0 Å². The predicted octanol–water partition coefficient (Wildman–Crippen LogP) is 0.945. The third-order valence-corrected chi connectivity index (χ3v) is 7.18. The topological polar surface area (TPSA) is 175 Å². The molecule has 2 heterocycles. The molecule has 2 saturated heterocycles. The molecule has 14 nitrogen and oxygen atoms in total. The lowest BCUT2D eigenvalue weighted by Crippen LogP contribution is -2.50. The molecule has 2 bridgehead atoms. The van der Waals surface area contributed by atoms with Crippen molar-refractivity contribution in [2.45, 2.75) is 96.3 Å². The highest BCUT2D eigenvalue weighted by molar-refractivity contribution is 7.87. The van der Waals surface area contributed by atoms with Crippen molar-refractivity contribution in [2.75, 3.05) is 13.3 Å². The zero-order chi connectivity index (χ0) is 27.8. The second-order valence-electron chi connectivity index (χ2n) is 8.51. The predicted molar refractivity (Wildman–Crippen MR) is 125 cm³/mol. The summed E-state index contributed by atoms with van der Waals surface area (Å²) >= 11 is 0. The van der Waals surface area contributed by atoms with Gasteiger partial charge in [0, 0.05) is 25.8 Å². The van der Waals surface area contributed by atoms with Crippen LogP contribution in [0, 0.1) is 0 Å². The molecule has 0 aromatic heterocycles. The molecule has 3 amide bonds. The largest absolute Gasteiger partial charge is 0.457 e. The summed E-state index contributed by atoms with van der Waals surface area (Å²) in [7, 11) is -4.82. The first kappa shape index (κ1) is 30.3. The first-order chi connectivity index (χ1) is 17.5. The molecular weight excluding hydrogens is 514 g/mol. The van der Waals surface area contributed by atoms with Gasteiger partial charge in [-0.15, -0.1) is 4.28 Å². The van der Waals surface area contributed by atoms with Gasteiger partial charge in [-0.05, 0) is 19.3 Å². The number of rotatable bonds is 14. The molecule has 0 spiro atoms. The van der Waals surface area contributed by atoms with Crippen LogP contribution < -0.4 is 5.32 Å². The van der Waals surface area contributed by atoms with Crippen molar-refractivity contribution >= 4 is 40.0 Å². The van der Waals surface area contributed by atoms with Gasteiger partial charge in [0.2, 0.25) is 5.91 Å². The Kier molecular flexibility index (Phi) is 11.1. The smallest absolute Gasteiger partial charge is 0.346 e. The summed E-state index contributed by atoms with van der Waals surface area (Å²) in [6, 6.07) is -2.48. The average molecular weight is 550 g/mol. The Labute approximate surface area is 216 Å². The SMILES string of the molecule is CCCC(OC(=O)CC)C(OC(=O)CC)S(=O)(=O)ON1C(=O)N2C[C@H]1CC[C@H]2C(=O)NCOC(=O)CC. The van der Waals surface area contributed by atoms with Crippen LogP contribution >= 0.6 is 0 Å². The van der Waals surface area contributed by atoms with Crippen LogP contribution in [0.25, 0.3) is 0 Å². The van der Waals surface area contributed by atoms with Gasteiger partial charge >= 0.3 is 34.1 Å². The number of nitrogens with zero attached hydrogens (tertiary/aromatic N) is 2. The number of hydroxylamine groups is 2. The summed E-state index contributed by atoms with van der Waals surface area (Å²) < 4.78 is 46.9. The molecule has 1 N–H and O–H groups in total. The van der Waals surface area contributed by atoms with Gasteiger partial charge in [-0.2, -0.15) is 13.5 Å². The summed E-state index contributed by atoms with van der Waals surface area (Å²) in [5.41, 5.74) is -1.99. The Bertz CT molecular complexity index is 971. The van der Waals surface area contributed by atoms with Gasteiger partial charge in [-0.3, -0.25) is 19.2 Å². The molecule has 0 radical (unpaired) electrons. The Hall–Kier alpha value is -2.94. The Morgan fingerprint density at radius 1 is 0.973 bits per heavy atom. The molecule has 0 saturated carbocycles. The first-order valence-electron chi connectivity index (χ1n) is 12.3. The van der Waals surface area contributed by atoms with E-state index in [1.807, 2.05) is 0 Å². The van der Waals surface area contributed by atoms with E-state index in [2.05, 4.69) is 5.32 Å². The maximum absolute atomic E-state index is 13.3. The van der Waals surface area contributed by atoms with E-state index in [4.69, 9.17) is 18.5 Å². The first-order valence-corrected chi connectivity index (χ1v) is 13.8. The van der Waals surface area contributed by atoms with E-state index in [9.17, 15) is 32.4 Å². The molecule has 2 fully saturated rings. The van der Waals surface area contributed by atoms with Crippen LogP contribution in [-0.4, -0.2) is 85.1 Å². The lowest BCUT2D eigenvalue weighted by atomic mass is 10.0. The Balaban J connectivity index is 2.19. The zero-order valence-electron chi connectivity index (χ0n) is 21.5. The summed E-state index contributed by atoms with van der Waals surface area (Å²) in [6.45, 7) is 5.98. The molecule has 2 aliphatic heterocycles. The quantitative estimate of drug-likeness (QED) is 0.185. The molecule has 0 aromatic rings. The number of esters is 3. The highest BCUT2D eigenvalue weighted by Gasteiger charge is 2.51. The van der Waals surface area contributed by atoms with Gasteiger partial charge in [0.1, 0.15) is 6.04 Å². The standard InChI is InChI=1S/C22H35N3O11S/c1-5-9-16(34-18(27)7-3)21(35-19(28)8-4)37(31,32)36-25-14-10-11-15(24(12-14)22(25)30)20(29)23-13-33-17(26)6-2/h14-16,21H,5-13H2,1-4H3,(H,23,29)/t14-,15+,16?,21?/m1/s1. The Morgan fingerprint density at radius 3 is 2.19 bits per heavy atom. The number of hydrogen-bond acceptors (Lipinski definition) is 11. The highest BCUT2D eigenvalue weighted by Crippen LogP contribution is 2.32. The molecule has 0 aromatic carbocycles. The lowest BCUT2D eigenvalue weighted by molar-refractivity contribution is -0.163. The van der Waals surface area contributed by atoms with Crippen molar-refractivity contribution in [3.05, 3.63) is 0 Å². The Morgan fingerprint density at radius 2 is 1.59 bits per heavy atom. The molecule has 2 unspecified atom stereocenters. The van der Waals surface area contributed by atoms with Gasteiger partial charge in [0.15, 0.2) is 12.8 Å². The minimum atomic E-state index is -4.82. The van der Waals surface area contributed by atoms with Gasteiger partial charge in [0.05, 0.1) is 6.04 Å². The van der Waals surface area contributed by atoms with Crippen molar-refractivity contribution in [3.63, 3.8) is 0 Å². The molecule has 15 heteroatoms. The van der Waals surface area contributed by atoms with Crippen LogP contribution in [0.3, 0.4) is 0 Å². The number of carbonyl (C=O) groups is 5. The maximum atomic E-state index is 13.3. The van der Waals surface area contributed by atoms with Gasteiger partial charge in [-0.1, -0.05) is 34.1 Å². The minimum absolute atomic E-state index is 0.0177. The van der Waals surface area contributed by atoms with Crippen molar-refractivity contribution in [1.29, 1.82) is 0 Å². The van der Waals surface area contributed by atoms with Gasteiger partial charge in [0.25, 0.3) is 5.44 Å². The molecular formula is C22H35N3O11S. The summed E-state index contributed by atoms with van der Waals surface area (Å²) in [4.78, 5) is 62.0. The minimum Gasteiger partial charge on any atom is -0.457 e. The molecule has 37 heavy (non-hydrogen) atoms. The number of carbonyl (C=O) groups excluding carboxylic acids is 5. The normalized spacial score (nSPS) is 20.7. The lowest BCUT2D eigenvalue weighted by Gasteiger charge is -2.29. The number of ether oxygens (including phenoxy) is 3. The van der Waals surface area contributed by atoms with Crippen LogP contribution in [0.2, 0.25) is 0 Å². The van der Waals surface area contributed by atoms with Crippen LogP contribution in [0.1, 0.15) is 72.6 Å². The summed E-state index contributed by atoms with van der Waals surface area (Å²) in [6.07, 6.45) is -0.464. The third-order valence-electron chi connectivity index (χ3n) is 5.85. The van der Waals surface area contributed by atoms with E-state index >= 15 is 0 Å². The van der Waals surface area contributed by atoms with E-state index in [1.54, 1.807) is 13.8 Å². The average Bonchev–Trinajstić information content (AvgIpc) is 3.10. The molecule has 2 rings (SSSR count). The van der Waals surface area contributed by atoms with Gasteiger partial charge < -0.3 is 24.4 Å². The van der Waals surface area contributed by atoms with Crippen LogP contribution in [0.5, 0.6) is 0 Å². The number of amides is 3. The number of piperidine rings is 1. The number of hydrogen-bond donors (Lipinski definition) is 1. The molecule has 2 aliphatic rings. The van der Waals surface area contributed by atoms with Gasteiger partial charge in [-0.25, -0.2) is 4.79 Å². The number of fused-ring (bicyclic) bond motifs is 2. The highest BCUT2D eigenvalue weighted by atomic mass is 32.2. The molecule has 0 aliphatic carbocycles. The van der Waals surface area contributed by atoms with Crippen LogP contribution in [-0.2, 0) is 47.8 Å². The second-order valence-corrected chi connectivity index (χ2v) is 10.1. The van der Waals surface area contributed by atoms with E-state index in [0.29, 0.717) is 11.5 Å². The van der Waals surface area contributed by atoms with E-state index in [-0.39, 0.29) is 51.8 Å². The van der Waals surface area contributed by atoms with Crippen molar-refractivity contribution < 1.29 is 50.9 Å². The summed E-state index contributed by atoms with van der Waals surface area (Å²) in [5, 5.41) is 3.07. The molecule has 210 valence electrons. The number of urea groups is 1.